The summed E-state index contributed by atoms with van der Waals surface area (Å²) in [5.41, 5.74) is 0. The first-order chi connectivity index (χ1) is 7.36. The first-order valence-electron chi connectivity index (χ1n) is 4.96. The molecule has 2 N–H and O–H groups in total. The van der Waals surface area contributed by atoms with Crippen molar-refractivity contribution in [3.05, 3.63) is 12.0 Å². The normalized spacial score (nSPS) is 14.3. The van der Waals surface area contributed by atoms with E-state index in [9.17, 15) is 8.42 Å². The summed E-state index contributed by atoms with van der Waals surface area (Å²) >= 11 is 3.29. The summed E-state index contributed by atoms with van der Waals surface area (Å²) in [6, 6.07) is -0.131. The Labute approximate surface area is 104 Å². The zero-order valence-electron chi connectivity index (χ0n) is 9.49. The highest BCUT2D eigenvalue weighted by atomic mass is 79.9. The van der Waals surface area contributed by atoms with Gasteiger partial charge in [0.1, 0.15) is 5.82 Å². The first-order valence-corrected chi connectivity index (χ1v) is 7.57. The van der Waals surface area contributed by atoms with Crippen LogP contribution >= 0.6 is 15.9 Å². The fourth-order valence-corrected chi connectivity index (χ4v) is 3.62. The molecule has 0 saturated carbocycles. The molecule has 1 heterocycles. The van der Waals surface area contributed by atoms with E-state index in [2.05, 4.69) is 30.6 Å². The minimum atomic E-state index is -3.49. The number of aromatic amines is 1. The molecule has 1 atom stereocenters. The molecule has 0 aliphatic carbocycles. The van der Waals surface area contributed by atoms with Gasteiger partial charge in [0.2, 0.25) is 0 Å². The Bertz CT molecular complexity index is 441. The SMILES string of the molecule is Cc1ncc(S(=O)(=O)NC(CBr)C(C)C)[nH]1. The lowest BCUT2D eigenvalue weighted by atomic mass is 10.1. The molecular weight excluding hydrogens is 294 g/mol. The van der Waals surface area contributed by atoms with Gasteiger partial charge < -0.3 is 4.98 Å². The van der Waals surface area contributed by atoms with Gasteiger partial charge in [-0.05, 0) is 12.8 Å². The molecule has 1 aromatic heterocycles. The molecule has 0 bridgehead atoms. The Morgan fingerprint density at radius 2 is 2.19 bits per heavy atom. The highest BCUT2D eigenvalue weighted by Crippen LogP contribution is 2.11. The number of H-pyrrole nitrogens is 1. The number of imidazole rings is 1. The summed E-state index contributed by atoms with van der Waals surface area (Å²) < 4.78 is 26.5. The summed E-state index contributed by atoms with van der Waals surface area (Å²) in [4.78, 5) is 6.58. The van der Waals surface area contributed by atoms with E-state index >= 15 is 0 Å². The molecule has 0 saturated heterocycles. The average molecular weight is 310 g/mol. The molecule has 0 radical (unpaired) electrons. The van der Waals surface area contributed by atoms with Crippen LogP contribution in [0, 0.1) is 12.8 Å². The Hall–Kier alpha value is -0.400. The first kappa shape index (κ1) is 13.7. The van der Waals surface area contributed by atoms with Gasteiger partial charge in [-0.15, -0.1) is 0 Å². The summed E-state index contributed by atoms with van der Waals surface area (Å²) in [5, 5.41) is 0.688. The quantitative estimate of drug-likeness (QED) is 0.808. The summed E-state index contributed by atoms with van der Waals surface area (Å²) in [5.74, 6) is 0.804. The predicted molar refractivity (Wildman–Crippen MR) is 66.1 cm³/mol. The van der Waals surface area contributed by atoms with Crippen molar-refractivity contribution in [2.75, 3.05) is 5.33 Å². The van der Waals surface area contributed by atoms with E-state index in [0.29, 0.717) is 11.2 Å². The second kappa shape index (κ2) is 5.29. The fourth-order valence-electron chi connectivity index (χ4n) is 1.14. The summed E-state index contributed by atoms with van der Waals surface area (Å²) in [7, 11) is -3.49. The van der Waals surface area contributed by atoms with Crippen LogP contribution in [0.1, 0.15) is 19.7 Å². The third kappa shape index (κ3) is 3.29. The molecule has 0 aliphatic rings. The van der Waals surface area contributed by atoms with Crippen LogP contribution in [0.5, 0.6) is 0 Å². The lowest BCUT2D eigenvalue weighted by molar-refractivity contribution is 0.482. The van der Waals surface area contributed by atoms with Crippen LogP contribution in [0.15, 0.2) is 11.2 Å². The van der Waals surface area contributed by atoms with Gasteiger partial charge in [0.25, 0.3) is 10.0 Å². The molecule has 0 fully saturated rings. The maximum atomic E-state index is 11.9. The minimum Gasteiger partial charge on any atom is -0.332 e. The van der Waals surface area contributed by atoms with E-state index in [4.69, 9.17) is 0 Å². The van der Waals surface area contributed by atoms with Crippen LogP contribution in [0.3, 0.4) is 0 Å². The maximum Gasteiger partial charge on any atom is 0.257 e. The number of hydrogen-bond donors (Lipinski definition) is 2. The zero-order chi connectivity index (χ0) is 12.3. The van der Waals surface area contributed by atoms with E-state index in [1.54, 1.807) is 6.92 Å². The van der Waals surface area contributed by atoms with Crippen LogP contribution in [0.4, 0.5) is 0 Å². The number of nitrogens with zero attached hydrogens (tertiary/aromatic N) is 1. The standard InChI is InChI=1S/C9H16BrN3O2S/c1-6(2)8(4-10)13-16(14,15)9-5-11-7(3)12-9/h5-6,8,13H,4H2,1-3H3,(H,11,12). The van der Waals surface area contributed by atoms with Crippen molar-refractivity contribution in [3.63, 3.8) is 0 Å². The van der Waals surface area contributed by atoms with E-state index in [-0.39, 0.29) is 17.0 Å². The molecule has 5 nitrogen and oxygen atoms in total. The topological polar surface area (TPSA) is 74.8 Å². The second-order valence-corrected chi connectivity index (χ2v) is 6.29. The van der Waals surface area contributed by atoms with Crippen molar-refractivity contribution in [1.29, 1.82) is 0 Å². The highest BCUT2D eigenvalue weighted by Gasteiger charge is 2.22. The summed E-state index contributed by atoms with van der Waals surface area (Å²) in [6.07, 6.45) is 1.32. The Balaban J connectivity index is 2.87. The largest absolute Gasteiger partial charge is 0.332 e. The van der Waals surface area contributed by atoms with E-state index in [0.717, 1.165) is 0 Å². The molecule has 1 aromatic rings. The van der Waals surface area contributed by atoms with Gasteiger partial charge in [0.05, 0.1) is 6.20 Å². The average Bonchev–Trinajstić information content (AvgIpc) is 2.61. The second-order valence-electron chi connectivity index (χ2n) is 3.96. The molecule has 0 amide bonds. The number of aryl methyl sites for hydroxylation is 1. The zero-order valence-corrected chi connectivity index (χ0v) is 11.9. The van der Waals surface area contributed by atoms with Gasteiger partial charge in [-0.3, -0.25) is 0 Å². The van der Waals surface area contributed by atoms with Gasteiger partial charge >= 0.3 is 0 Å². The number of nitrogens with one attached hydrogen (secondary N) is 2. The molecule has 16 heavy (non-hydrogen) atoms. The molecule has 0 aliphatic heterocycles. The van der Waals surface area contributed by atoms with Crippen molar-refractivity contribution in [3.8, 4) is 0 Å². The predicted octanol–water partition coefficient (Wildman–Crippen LogP) is 1.42. The Kier molecular flexibility index (Phi) is 4.52. The fraction of sp³-hybridized carbons (Fsp3) is 0.667. The Morgan fingerprint density at radius 1 is 1.56 bits per heavy atom. The monoisotopic (exact) mass is 309 g/mol. The van der Waals surface area contributed by atoms with Crippen LogP contribution < -0.4 is 4.72 Å². The minimum absolute atomic E-state index is 0.108. The third-order valence-electron chi connectivity index (χ3n) is 2.25. The number of alkyl halides is 1. The molecule has 0 aromatic carbocycles. The van der Waals surface area contributed by atoms with E-state index < -0.39 is 10.0 Å². The molecule has 0 spiro atoms. The van der Waals surface area contributed by atoms with Gasteiger partial charge in [-0.2, -0.15) is 0 Å². The van der Waals surface area contributed by atoms with Crippen molar-refractivity contribution in [2.45, 2.75) is 31.8 Å². The van der Waals surface area contributed by atoms with Crippen LogP contribution in [-0.2, 0) is 10.0 Å². The van der Waals surface area contributed by atoms with E-state index in [1.807, 2.05) is 13.8 Å². The molecular formula is C9H16BrN3O2S. The van der Waals surface area contributed by atoms with Gasteiger partial charge in [-0.25, -0.2) is 18.1 Å². The lowest BCUT2D eigenvalue weighted by Gasteiger charge is -2.19. The number of rotatable bonds is 5. The van der Waals surface area contributed by atoms with Crippen molar-refractivity contribution in [2.24, 2.45) is 5.92 Å². The smallest absolute Gasteiger partial charge is 0.257 e. The molecule has 1 rings (SSSR count). The highest BCUT2D eigenvalue weighted by molar-refractivity contribution is 9.09. The molecule has 1 unspecified atom stereocenters. The molecule has 92 valence electrons. The third-order valence-corrected chi connectivity index (χ3v) is 4.34. The maximum absolute atomic E-state index is 11.9. The van der Waals surface area contributed by atoms with Gasteiger partial charge in [0.15, 0.2) is 5.03 Å². The van der Waals surface area contributed by atoms with Crippen LogP contribution in [0.2, 0.25) is 0 Å². The van der Waals surface area contributed by atoms with Crippen LogP contribution in [0.25, 0.3) is 0 Å². The van der Waals surface area contributed by atoms with Crippen molar-refractivity contribution in [1.82, 2.24) is 14.7 Å². The number of hydrogen-bond acceptors (Lipinski definition) is 3. The molecule has 7 heteroatoms. The number of sulfonamides is 1. The summed E-state index contributed by atoms with van der Waals surface area (Å²) in [6.45, 7) is 5.64. The van der Waals surface area contributed by atoms with E-state index in [1.165, 1.54) is 6.20 Å². The van der Waals surface area contributed by atoms with Gasteiger partial charge in [0, 0.05) is 11.4 Å². The Morgan fingerprint density at radius 3 is 2.56 bits per heavy atom. The lowest BCUT2D eigenvalue weighted by Crippen LogP contribution is -2.39. The van der Waals surface area contributed by atoms with Crippen LogP contribution in [-0.4, -0.2) is 29.8 Å². The number of aromatic nitrogens is 2. The van der Waals surface area contributed by atoms with Crippen molar-refractivity contribution >= 4 is 26.0 Å². The number of halogens is 1. The van der Waals surface area contributed by atoms with Crippen molar-refractivity contribution < 1.29 is 8.42 Å². The van der Waals surface area contributed by atoms with Gasteiger partial charge in [-0.1, -0.05) is 29.8 Å².